The highest BCUT2D eigenvalue weighted by Gasteiger charge is 2.29. The van der Waals surface area contributed by atoms with Crippen molar-refractivity contribution in [3.8, 4) is 5.75 Å². The zero-order valence-electron chi connectivity index (χ0n) is 25.9. The summed E-state index contributed by atoms with van der Waals surface area (Å²) in [4.78, 5) is 62.7. The molecular weight excluding hydrogens is 594 g/mol. The Morgan fingerprint density at radius 2 is 1.33 bits per heavy atom. The normalized spacial score (nSPS) is 12.2. The summed E-state index contributed by atoms with van der Waals surface area (Å²) in [5.74, 6) is -3.98. The first-order chi connectivity index (χ1) is 21.8. The zero-order chi connectivity index (χ0) is 33.7. The Balaban J connectivity index is 1.86. The maximum Gasteiger partial charge on any atom is 0.408 e. The smallest absolute Gasteiger partial charge is 0.408 e. The molecule has 244 valence electrons. The fourth-order valence-corrected chi connectivity index (χ4v) is 4.46. The number of alkyl carbamates (subject to hydrolysis) is 1. The number of aromatic carboxylic acids is 1. The van der Waals surface area contributed by atoms with Crippen LogP contribution in [0.3, 0.4) is 0 Å². The van der Waals surface area contributed by atoms with Crippen molar-refractivity contribution in [2.45, 2.75) is 57.7 Å². The van der Waals surface area contributed by atoms with Crippen molar-refractivity contribution in [3.05, 3.63) is 101 Å². The molecule has 46 heavy (non-hydrogen) atoms. The topological polar surface area (TPSA) is 180 Å². The summed E-state index contributed by atoms with van der Waals surface area (Å²) in [7, 11) is 0. The van der Waals surface area contributed by atoms with Crippen molar-refractivity contribution in [2.75, 3.05) is 13.2 Å². The largest absolute Gasteiger partial charge is 0.481 e. The SMILES string of the molecule is CC(C)(C)OC(=O)N[C@@H](Cc1ccccc1)C(=O)N[C@@H](Cc1ccc(OCC(=O)O)c(C(=O)O)c1)C(=O)NCCc1ccccc1. The molecule has 3 rings (SSSR count). The predicted octanol–water partition coefficient (Wildman–Crippen LogP) is 3.37. The van der Waals surface area contributed by atoms with Crippen LogP contribution in [0.2, 0.25) is 0 Å². The van der Waals surface area contributed by atoms with Gasteiger partial charge >= 0.3 is 18.0 Å². The molecule has 0 unspecified atom stereocenters. The van der Waals surface area contributed by atoms with E-state index in [1.54, 1.807) is 45.0 Å². The molecule has 5 N–H and O–H groups in total. The minimum atomic E-state index is -1.36. The molecule has 0 aliphatic rings. The molecule has 0 radical (unpaired) electrons. The maximum absolute atomic E-state index is 13.7. The molecule has 0 aliphatic heterocycles. The molecule has 0 saturated heterocycles. The van der Waals surface area contributed by atoms with E-state index in [1.807, 2.05) is 36.4 Å². The molecule has 3 aromatic rings. The average molecular weight is 634 g/mol. The summed E-state index contributed by atoms with van der Waals surface area (Å²) in [6.45, 7) is 4.60. The Hall–Kier alpha value is -5.39. The lowest BCUT2D eigenvalue weighted by Crippen LogP contribution is -2.55. The van der Waals surface area contributed by atoms with Gasteiger partial charge < -0.3 is 35.6 Å². The van der Waals surface area contributed by atoms with E-state index in [0.29, 0.717) is 12.0 Å². The first kappa shape index (κ1) is 35.1. The van der Waals surface area contributed by atoms with Crippen LogP contribution in [0.15, 0.2) is 78.9 Å². The van der Waals surface area contributed by atoms with Gasteiger partial charge in [-0.3, -0.25) is 9.59 Å². The molecule has 0 fully saturated rings. The summed E-state index contributed by atoms with van der Waals surface area (Å²) in [6.07, 6.45) is -0.293. The summed E-state index contributed by atoms with van der Waals surface area (Å²) < 4.78 is 10.5. The number of aliphatic carboxylic acids is 1. The van der Waals surface area contributed by atoms with Gasteiger partial charge in [-0.2, -0.15) is 0 Å². The van der Waals surface area contributed by atoms with Gasteiger partial charge in [0, 0.05) is 19.4 Å². The van der Waals surface area contributed by atoms with Gasteiger partial charge in [0.05, 0.1) is 0 Å². The zero-order valence-corrected chi connectivity index (χ0v) is 25.9. The van der Waals surface area contributed by atoms with Gasteiger partial charge in [0.25, 0.3) is 0 Å². The third-order valence-corrected chi connectivity index (χ3v) is 6.54. The van der Waals surface area contributed by atoms with Crippen LogP contribution in [0.1, 0.15) is 47.8 Å². The molecule has 12 nitrogen and oxygen atoms in total. The molecule has 0 saturated carbocycles. The fraction of sp³-hybridized carbons (Fsp3) is 0.324. The number of hydrogen-bond acceptors (Lipinski definition) is 7. The Morgan fingerprint density at radius 3 is 1.91 bits per heavy atom. The quantitative estimate of drug-likeness (QED) is 0.168. The summed E-state index contributed by atoms with van der Waals surface area (Å²) in [6, 6.07) is 20.3. The van der Waals surface area contributed by atoms with Crippen molar-refractivity contribution in [1.29, 1.82) is 0 Å². The van der Waals surface area contributed by atoms with Crippen molar-refractivity contribution in [1.82, 2.24) is 16.0 Å². The van der Waals surface area contributed by atoms with Crippen LogP contribution in [0.4, 0.5) is 4.79 Å². The number of carbonyl (C=O) groups is 5. The molecule has 0 heterocycles. The van der Waals surface area contributed by atoms with Crippen molar-refractivity contribution in [3.63, 3.8) is 0 Å². The molecule has 0 aromatic heterocycles. The van der Waals surface area contributed by atoms with E-state index in [-0.39, 0.29) is 30.7 Å². The van der Waals surface area contributed by atoms with Crippen LogP contribution in [-0.4, -0.2) is 70.9 Å². The molecule has 0 bridgehead atoms. The molecule has 0 aliphatic carbocycles. The number of carboxylic acids is 2. The lowest BCUT2D eigenvalue weighted by molar-refractivity contribution is -0.139. The van der Waals surface area contributed by atoms with Gasteiger partial charge in [-0.15, -0.1) is 0 Å². The minimum Gasteiger partial charge on any atom is -0.481 e. The van der Waals surface area contributed by atoms with Crippen molar-refractivity contribution in [2.24, 2.45) is 0 Å². The van der Waals surface area contributed by atoms with Crippen LogP contribution < -0.4 is 20.7 Å². The number of benzene rings is 3. The highest BCUT2D eigenvalue weighted by molar-refractivity contribution is 5.93. The maximum atomic E-state index is 13.7. The first-order valence-corrected chi connectivity index (χ1v) is 14.7. The average Bonchev–Trinajstić information content (AvgIpc) is 2.99. The number of ether oxygens (including phenoxy) is 2. The molecule has 0 spiro atoms. The van der Waals surface area contributed by atoms with Crippen LogP contribution in [-0.2, 0) is 38.4 Å². The van der Waals surface area contributed by atoms with Crippen LogP contribution in [0, 0.1) is 0 Å². The van der Waals surface area contributed by atoms with Gasteiger partial charge in [-0.25, -0.2) is 14.4 Å². The number of hydrogen-bond donors (Lipinski definition) is 5. The van der Waals surface area contributed by atoms with E-state index in [9.17, 15) is 29.1 Å². The van der Waals surface area contributed by atoms with E-state index in [4.69, 9.17) is 14.6 Å². The predicted molar refractivity (Wildman–Crippen MR) is 169 cm³/mol. The Labute approximate surface area is 267 Å². The van der Waals surface area contributed by atoms with Crippen molar-refractivity contribution < 1.29 is 43.7 Å². The van der Waals surface area contributed by atoms with Gasteiger partial charge in [0.15, 0.2) is 6.61 Å². The summed E-state index contributed by atoms with van der Waals surface area (Å²) in [5, 5.41) is 26.8. The van der Waals surface area contributed by atoms with Gasteiger partial charge in [-0.05, 0) is 56.0 Å². The van der Waals surface area contributed by atoms with E-state index in [0.717, 1.165) is 11.1 Å². The second-order valence-electron chi connectivity index (χ2n) is 11.5. The Morgan fingerprint density at radius 1 is 0.739 bits per heavy atom. The molecular formula is C34H39N3O9. The number of carboxylic acid groups (broad SMARTS) is 2. The molecule has 12 heteroatoms. The van der Waals surface area contributed by atoms with E-state index in [2.05, 4.69) is 16.0 Å². The number of rotatable bonds is 15. The molecule has 3 amide bonds. The van der Waals surface area contributed by atoms with Gasteiger partial charge in [0.2, 0.25) is 11.8 Å². The number of nitrogens with one attached hydrogen (secondary N) is 3. The Kier molecular flexibility index (Phi) is 12.7. The highest BCUT2D eigenvalue weighted by Crippen LogP contribution is 2.22. The second kappa shape index (κ2) is 16.6. The molecule has 2 atom stereocenters. The Bertz CT molecular complexity index is 1510. The number of carbonyl (C=O) groups excluding carboxylic acids is 3. The first-order valence-electron chi connectivity index (χ1n) is 14.7. The van der Waals surface area contributed by atoms with E-state index < -0.39 is 54.1 Å². The second-order valence-corrected chi connectivity index (χ2v) is 11.5. The van der Waals surface area contributed by atoms with Crippen molar-refractivity contribution >= 4 is 29.8 Å². The lowest BCUT2D eigenvalue weighted by Gasteiger charge is -2.25. The van der Waals surface area contributed by atoms with Crippen LogP contribution in [0.5, 0.6) is 5.75 Å². The van der Waals surface area contributed by atoms with Crippen LogP contribution in [0.25, 0.3) is 0 Å². The monoisotopic (exact) mass is 633 g/mol. The molecule has 3 aromatic carbocycles. The highest BCUT2D eigenvalue weighted by atomic mass is 16.6. The summed E-state index contributed by atoms with van der Waals surface area (Å²) >= 11 is 0. The lowest BCUT2D eigenvalue weighted by atomic mass is 10.0. The van der Waals surface area contributed by atoms with Gasteiger partial charge in [-0.1, -0.05) is 66.7 Å². The fourth-order valence-electron chi connectivity index (χ4n) is 4.46. The van der Waals surface area contributed by atoms with Crippen LogP contribution >= 0.6 is 0 Å². The standard InChI is InChI=1S/C34H39N3O9/c1-34(2,3)46-33(44)37-27(19-23-12-8-5-9-13-23)31(41)36-26(30(40)35-17-16-22-10-6-4-7-11-22)20-24-14-15-28(45-21-29(38)39)25(18-24)32(42)43/h4-15,18,26-27H,16-17,19-21H2,1-3H3,(H,35,40)(H,36,41)(H,37,44)(H,38,39)(H,42,43)/t26-,27-/m0/s1. The third-order valence-electron chi connectivity index (χ3n) is 6.54. The van der Waals surface area contributed by atoms with E-state index in [1.165, 1.54) is 18.2 Å². The van der Waals surface area contributed by atoms with Gasteiger partial charge in [0.1, 0.15) is 29.0 Å². The summed E-state index contributed by atoms with van der Waals surface area (Å²) in [5.41, 5.74) is 0.994. The number of amides is 3. The third kappa shape index (κ3) is 11.9. The van der Waals surface area contributed by atoms with E-state index >= 15 is 0 Å². The minimum absolute atomic E-state index is 0.104.